The number of hydrogen-bond donors (Lipinski definition) is 0. The van der Waals surface area contributed by atoms with Gasteiger partial charge >= 0.3 is 0 Å². The lowest BCUT2D eigenvalue weighted by Gasteiger charge is -2.26. The van der Waals surface area contributed by atoms with Crippen molar-refractivity contribution in [3.8, 4) is 11.5 Å². The van der Waals surface area contributed by atoms with Crippen LogP contribution in [0.15, 0.2) is 46.9 Å². The van der Waals surface area contributed by atoms with Crippen LogP contribution in [0.2, 0.25) is 0 Å². The Kier molecular flexibility index (Phi) is 6.31. The molecule has 3 rings (SSSR count). The maximum atomic E-state index is 13.0. The Labute approximate surface area is 165 Å². The molecule has 2 aromatic carbocycles. The van der Waals surface area contributed by atoms with Crippen LogP contribution in [0.5, 0.6) is 11.5 Å². The number of methoxy groups -OCH3 is 1. The molecule has 1 aliphatic heterocycles. The van der Waals surface area contributed by atoms with Crippen LogP contribution < -0.4 is 9.47 Å². The highest BCUT2D eigenvalue weighted by atomic mass is 79.9. The topological polar surface area (TPSA) is 38.8 Å². The van der Waals surface area contributed by atoms with Crippen molar-refractivity contribution in [1.29, 1.82) is 0 Å². The van der Waals surface area contributed by atoms with Gasteiger partial charge in [-0.15, -0.1) is 0 Å². The van der Waals surface area contributed by atoms with E-state index < -0.39 is 13.0 Å². The zero-order valence-electron chi connectivity index (χ0n) is 14.8. The van der Waals surface area contributed by atoms with Crippen LogP contribution in [0.25, 0.3) is 0 Å². The fraction of sp³-hybridized carbons (Fsp3) is 0.350. The lowest BCUT2D eigenvalue weighted by atomic mass is 10.0. The average Bonchev–Trinajstić information content (AvgIpc) is 3.16. The fourth-order valence-corrected chi connectivity index (χ4v) is 3.69. The molecular weight excluding hydrogens is 420 g/mol. The molecule has 0 spiro atoms. The third-order valence-corrected chi connectivity index (χ3v) is 5.19. The van der Waals surface area contributed by atoms with Gasteiger partial charge in [-0.3, -0.25) is 4.79 Å². The van der Waals surface area contributed by atoms with E-state index in [1.807, 2.05) is 11.0 Å². The number of ether oxygens (including phenoxy) is 2. The molecule has 1 atom stereocenters. The highest BCUT2D eigenvalue weighted by Gasteiger charge is 2.31. The Morgan fingerprint density at radius 1 is 1.30 bits per heavy atom. The Hall–Kier alpha value is -2.15. The highest BCUT2D eigenvalue weighted by Crippen LogP contribution is 2.35. The third-order valence-electron chi connectivity index (χ3n) is 4.53. The van der Waals surface area contributed by atoms with Crippen LogP contribution in [0.1, 0.15) is 34.8 Å². The fourth-order valence-electron chi connectivity index (χ4n) is 3.29. The molecule has 1 fully saturated rings. The van der Waals surface area contributed by atoms with Gasteiger partial charge in [-0.25, -0.2) is 8.78 Å². The number of carbonyl (C=O) groups is 1. The van der Waals surface area contributed by atoms with Crippen LogP contribution >= 0.6 is 15.9 Å². The first-order valence-corrected chi connectivity index (χ1v) is 9.44. The number of amides is 1. The average molecular weight is 440 g/mol. The van der Waals surface area contributed by atoms with Gasteiger partial charge < -0.3 is 14.4 Å². The van der Waals surface area contributed by atoms with Gasteiger partial charge in [-0.1, -0.05) is 12.1 Å². The van der Waals surface area contributed by atoms with Crippen molar-refractivity contribution in [2.45, 2.75) is 25.3 Å². The molecule has 1 aliphatic rings. The molecule has 1 amide bonds. The maximum Gasteiger partial charge on any atom is 0.272 e. The molecule has 27 heavy (non-hydrogen) atoms. The number of halogens is 3. The molecule has 0 radical (unpaired) electrons. The van der Waals surface area contributed by atoms with Crippen molar-refractivity contribution in [3.63, 3.8) is 0 Å². The predicted molar refractivity (Wildman–Crippen MR) is 102 cm³/mol. The van der Waals surface area contributed by atoms with Crippen molar-refractivity contribution in [2.75, 3.05) is 20.3 Å². The molecule has 0 saturated carbocycles. The summed E-state index contributed by atoms with van der Waals surface area (Å²) in [6, 6.07) is 12.2. The molecule has 7 heteroatoms. The summed E-state index contributed by atoms with van der Waals surface area (Å²) in [6.45, 7) is -0.000545. The Bertz CT molecular complexity index is 816. The number of likely N-dealkylation sites (tertiary alicyclic amines) is 1. The lowest BCUT2D eigenvalue weighted by Crippen LogP contribution is -2.30. The largest absolute Gasteiger partial charge is 0.496 e. The summed E-state index contributed by atoms with van der Waals surface area (Å²) in [6.07, 6.45) is -0.824. The van der Waals surface area contributed by atoms with E-state index in [4.69, 9.17) is 9.47 Å². The van der Waals surface area contributed by atoms with Crippen molar-refractivity contribution >= 4 is 21.8 Å². The molecule has 144 valence electrons. The molecule has 2 aromatic rings. The number of rotatable bonds is 6. The minimum absolute atomic E-state index is 0.0813. The minimum atomic E-state index is -2.52. The van der Waals surface area contributed by atoms with E-state index >= 15 is 0 Å². The van der Waals surface area contributed by atoms with E-state index in [1.165, 1.54) is 0 Å². The number of carbonyl (C=O) groups excluding carboxylic acids is 1. The minimum Gasteiger partial charge on any atom is -0.496 e. The first-order chi connectivity index (χ1) is 13.0. The molecule has 0 aliphatic carbocycles. The number of benzene rings is 2. The summed E-state index contributed by atoms with van der Waals surface area (Å²) < 4.78 is 35.9. The molecule has 1 saturated heterocycles. The Balaban J connectivity index is 1.81. The SMILES string of the molecule is COc1cc(C(=O)N2CCCC2c2cccc(OCC(F)F)c2)ccc1Br. The summed E-state index contributed by atoms with van der Waals surface area (Å²) in [5.74, 6) is 0.901. The lowest BCUT2D eigenvalue weighted by molar-refractivity contribution is 0.0734. The van der Waals surface area contributed by atoms with Crippen LogP contribution in [0.4, 0.5) is 8.78 Å². The first-order valence-electron chi connectivity index (χ1n) is 8.65. The Morgan fingerprint density at radius 2 is 2.11 bits per heavy atom. The van der Waals surface area contributed by atoms with E-state index in [-0.39, 0.29) is 11.9 Å². The van der Waals surface area contributed by atoms with E-state index in [1.54, 1.807) is 43.5 Å². The zero-order valence-corrected chi connectivity index (χ0v) is 16.4. The van der Waals surface area contributed by atoms with Crippen LogP contribution in [-0.2, 0) is 0 Å². The normalized spacial score (nSPS) is 16.6. The van der Waals surface area contributed by atoms with Crippen LogP contribution in [0, 0.1) is 0 Å². The molecule has 0 bridgehead atoms. The van der Waals surface area contributed by atoms with E-state index in [9.17, 15) is 13.6 Å². The van der Waals surface area contributed by atoms with Gasteiger partial charge in [0.05, 0.1) is 17.6 Å². The van der Waals surface area contributed by atoms with Gasteiger partial charge in [-0.05, 0) is 64.7 Å². The van der Waals surface area contributed by atoms with Gasteiger partial charge in [0.25, 0.3) is 12.3 Å². The van der Waals surface area contributed by atoms with Gasteiger partial charge in [0, 0.05) is 12.1 Å². The van der Waals surface area contributed by atoms with E-state index in [2.05, 4.69) is 15.9 Å². The Morgan fingerprint density at radius 3 is 2.85 bits per heavy atom. The van der Waals surface area contributed by atoms with Gasteiger partial charge in [0.1, 0.15) is 18.1 Å². The van der Waals surface area contributed by atoms with Crippen LogP contribution in [0.3, 0.4) is 0 Å². The molecular formula is C20H20BrF2NO3. The second kappa shape index (κ2) is 8.69. The second-order valence-corrected chi connectivity index (χ2v) is 7.13. The van der Waals surface area contributed by atoms with Crippen molar-refractivity contribution in [2.24, 2.45) is 0 Å². The van der Waals surface area contributed by atoms with Gasteiger partial charge in [0.2, 0.25) is 0 Å². The highest BCUT2D eigenvalue weighted by molar-refractivity contribution is 9.10. The third kappa shape index (κ3) is 4.58. The molecule has 1 heterocycles. The van der Waals surface area contributed by atoms with Gasteiger partial charge in [0.15, 0.2) is 0 Å². The molecule has 0 N–H and O–H groups in total. The van der Waals surface area contributed by atoms with Gasteiger partial charge in [-0.2, -0.15) is 0 Å². The smallest absolute Gasteiger partial charge is 0.272 e. The number of hydrogen-bond acceptors (Lipinski definition) is 3. The summed E-state index contributed by atoms with van der Waals surface area (Å²) in [7, 11) is 1.55. The standard InChI is InChI=1S/C20H20BrF2NO3/c1-26-18-11-14(7-8-16(18)21)20(25)24-9-3-6-17(24)13-4-2-5-15(10-13)27-12-19(22)23/h2,4-5,7-8,10-11,17,19H,3,6,9,12H2,1H3. The first kappa shape index (κ1) is 19.6. The van der Waals surface area contributed by atoms with Crippen LogP contribution in [-0.4, -0.2) is 37.5 Å². The molecule has 4 nitrogen and oxygen atoms in total. The molecule has 0 aromatic heterocycles. The second-order valence-electron chi connectivity index (χ2n) is 6.28. The molecule has 1 unspecified atom stereocenters. The number of alkyl halides is 2. The van der Waals surface area contributed by atoms with Crippen molar-refractivity contribution in [3.05, 3.63) is 58.1 Å². The number of nitrogens with zero attached hydrogens (tertiary/aromatic N) is 1. The van der Waals surface area contributed by atoms with E-state index in [0.717, 1.165) is 22.9 Å². The summed E-state index contributed by atoms with van der Waals surface area (Å²) in [5, 5.41) is 0. The monoisotopic (exact) mass is 439 g/mol. The maximum absolute atomic E-state index is 13.0. The van der Waals surface area contributed by atoms with Crippen molar-refractivity contribution < 1.29 is 23.0 Å². The quantitative estimate of drug-likeness (QED) is 0.629. The summed E-state index contributed by atoms with van der Waals surface area (Å²) >= 11 is 3.39. The zero-order chi connectivity index (χ0) is 19.4. The summed E-state index contributed by atoms with van der Waals surface area (Å²) in [4.78, 5) is 14.8. The van der Waals surface area contributed by atoms with Crippen molar-refractivity contribution in [1.82, 2.24) is 4.90 Å². The van der Waals surface area contributed by atoms with E-state index in [0.29, 0.717) is 23.6 Å². The summed E-state index contributed by atoms with van der Waals surface area (Å²) in [5.41, 5.74) is 1.43. The predicted octanol–water partition coefficient (Wildman–Crippen LogP) is 5.08.